The van der Waals surface area contributed by atoms with Crippen molar-refractivity contribution >= 4 is 17.2 Å². The molecular weight excluding hydrogens is 210 g/mol. The summed E-state index contributed by atoms with van der Waals surface area (Å²) in [5, 5.41) is 0. The zero-order valence-corrected chi connectivity index (χ0v) is 7.93. The maximum atomic E-state index is 11.8. The second-order valence-corrected chi connectivity index (χ2v) is 2.88. The topological polar surface area (TPSA) is 48.1 Å². The van der Waals surface area contributed by atoms with Gasteiger partial charge in [0.05, 0.1) is 11.8 Å². The number of aromatic nitrogens is 1. The fourth-order valence-corrected chi connectivity index (χ4v) is 1.02. The van der Waals surface area contributed by atoms with Gasteiger partial charge in [-0.2, -0.15) is 0 Å². The van der Waals surface area contributed by atoms with Gasteiger partial charge in [0.15, 0.2) is 0 Å². The van der Waals surface area contributed by atoms with E-state index in [9.17, 15) is 8.78 Å². The molecule has 0 aliphatic carbocycles. The molecule has 0 aromatic carbocycles. The lowest BCUT2D eigenvalue weighted by atomic mass is 10.2. The molecule has 14 heavy (non-hydrogen) atoms. The van der Waals surface area contributed by atoms with Gasteiger partial charge in [0.2, 0.25) is 0 Å². The monoisotopic (exact) mass is 218 g/mol. The van der Waals surface area contributed by atoms with Crippen molar-refractivity contribution in [2.45, 2.75) is 6.43 Å². The van der Waals surface area contributed by atoms with E-state index in [1.165, 1.54) is 18.5 Å². The smallest absolute Gasteiger partial charge is 0.272 e. The van der Waals surface area contributed by atoms with Crippen molar-refractivity contribution in [1.29, 1.82) is 0 Å². The molecule has 0 atom stereocenters. The molecule has 0 spiro atoms. The first-order chi connectivity index (χ1) is 6.61. The summed E-state index contributed by atoms with van der Waals surface area (Å²) in [7, 11) is 0. The molecule has 0 unspecified atom stereocenters. The fraction of sp³-hybridized carbons (Fsp3) is 0.250. The number of hydrogen-bond acceptors (Lipinski definition) is 3. The lowest BCUT2D eigenvalue weighted by Crippen LogP contribution is -2.14. The highest BCUT2D eigenvalue weighted by molar-refractivity contribution is 7.80. The Morgan fingerprint density at radius 1 is 1.64 bits per heavy atom. The first-order valence-electron chi connectivity index (χ1n) is 3.76. The van der Waals surface area contributed by atoms with Crippen LogP contribution < -0.4 is 10.5 Å². The number of ether oxygens (including phenoxy) is 1. The van der Waals surface area contributed by atoms with Gasteiger partial charge in [-0.25, -0.2) is 8.78 Å². The van der Waals surface area contributed by atoms with Gasteiger partial charge in [0, 0.05) is 6.20 Å². The van der Waals surface area contributed by atoms with Crippen LogP contribution in [0.2, 0.25) is 0 Å². The highest BCUT2D eigenvalue weighted by atomic mass is 32.1. The predicted molar refractivity (Wildman–Crippen MR) is 51.6 cm³/mol. The van der Waals surface area contributed by atoms with Gasteiger partial charge in [-0.05, 0) is 6.07 Å². The summed E-state index contributed by atoms with van der Waals surface area (Å²) >= 11 is 4.71. The average molecular weight is 218 g/mol. The molecule has 0 aliphatic heterocycles. The van der Waals surface area contributed by atoms with Crippen LogP contribution in [0, 0.1) is 0 Å². The highest BCUT2D eigenvalue weighted by Crippen LogP contribution is 2.16. The minimum Gasteiger partial charge on any atom is -0.485 e. The highest BCUT2D eigenvalue weighted by Gasteiger charge is 2.09. The van der Waals surface area contributed by atoms with Gasteiger partial charge in [-0.1, -0.05) is 12.2 Å². The maximum absolute atomic E-state index is 11.8. The van der Waals surface area contributed by atoms with E-state index in [0.717, 1.165) is 0 Å². The van der Waals surface area contributed by atoms with E-state index in [1.54, 1.807) is 0 Å². The third kappa shape index (κ3) is 2.88. The molecule has 1 aromatic heterocycles. The molecule has 0 radical (unpaired) electrons. The van der Waals surface area contributed by atoms with Crippen molar-refractivity contribution in [2.24, 2.45) is 5.73 Å². The largest absolute Gasteiger partial charge is 0.485 e. The molecule has 0 fully saturated rings. The SMILES string of the molecule is NC(=S)c1ccncc1OCC(F)F. The third-order valence-corrected chi connectivity index (χ3v) is 1.63. The number of nitrogens with zero attached hydrogens (tertiary/aromatic N) is 1. The van der Waals surface area contributed by atoms with Crippen LogP contribution in [0.15, 0.2) is 18.5 Å². The molecule has 0 saturated carbocycles. The van der Waals surface area contributed by atoms with Crippen molar-refractivity contribution in [3.05, 3.63) is 24.0 Å². The third-order valence-electron chi connectivity index (χ3n) is 1.41. The maximum Gasteiger partial charge on any atom is 0.272 e. The summed E-state index contributed by atoms with van der Waals surface area (Å²) in [5.41, 5.74) is 5.77. The van der Waals surface area contributed by atoms with E-state index >= 15 is 0 Å². The Balaban J connectivity index is 2.79. The van der Waals surface area contributed by atoms with E-state index in [1.807, 2.05) is 0 Å². The van der Waals surface area contributed by atoms with Crippen LogP contribution in [-0.4, -0.2) is 23.0 Å². The molecule has 1 aromatic rings. The first-order valence-corrected chi connectivity index (χ1v) is 4.17. The number of alkyl halides is 2. The molecule has 76 valence electrons. The van der Waals surface area contributed by atoms with E-state index in [-0.39, 0.29) is 10.7 Å². The Morgan fingerprint density at radius 2 is 2.36 bits per heavy atom. The van der Waals surface area contributed by atoms with Crippen LogP contribution in [0.1, 0.15) is 5.56 Å². The molecule has 0 bridgehead atoms. The summed E-state index contributed by atoms with van der Waals surface area (Å²) in [5.74, 6) is 0.181. The van der Waals surface area contributed by atoms with Gasteiger partial charge in [0.1, 0.15) is 17.3 Å². The molecule has 1 heterocycles. The number of hydrogen-bond donors (Lipinski definition) is 1. The summed E-state index contributed by atoms with van der Waals surface area (Å²) in [4.78, 5) is 3.81. The van der Waals surface area contributed by atoms with Gasteiger partial charge in [0.25, 0.3) is 6.43 Å². The fourth-order valence-electron chi connectivity index (χ4n) is 0.851. The number of nitrogens with two attached hydrogens (primary N) is 1. The van der Waals surface area contributed by atoms with Crippen LogP contribution in [0.5, 0.6) is 5.75 Å². The van der Waals surface area contributed by atoms with Gasteiger partial charge in [-0.3, -0.25) is 4.98 Å². The van der Waals surface area contributed by atoms with Crippen LogP contribution in [-0.2, 0) is 0 Å². The molecule has 0 saturated heterocycles. The number of pyridine rings is 1. The van der Waals surface area contributed by atoms with E-state index in [4.69, 9.17) is 22.7 Å². The number of halogens is 2. The molecular formula is C8H8F2N2OS. The van der Waals surface area contributed by atoms with Crippen LogP contribution in [0.25, 0.3) is 0 Å². The molecule has 3 nitrogen and oxygen atoms in total. The van der Waals surface area contributed by atoms with E-state index in [2.05, 4.69) is 4.98 Å². The van der Waals surface area contributed by atoms with E-state index < -0.39 is 13.0 Å². The summed E-state index contributed by atoms with van der Waals surface area (Å²) in [6, 6.07) is 1.52. The Hall–Kier alpha value is -1.30. The Labute approximate surface area is 84.9 Å². The number of rotatable bonds is 4. The van der Waals surface area contributed by atoms with Crippen LogP contribution >= 0.6 is 12.2 Å². The second-order valence-electron chi connectivity index (χ2n) is 2.44. The zero-order valence-electron chi connectivity index (χ0n) is 7.11. The van der Waals surface area contributed by atoms with Gasteiger partial charge < -0.3 is 10.5 Å². The lowest BCUT2D eigenvalue weighted by Gasteiger charge is -2.08. The Bertz CT molecular complexity index is 333. The minimum absolute atomic E-state index is 0.0941. The molecule has 1 rings (SSSR count). The second kappa shape index (κ2) is 4.80. The first kappa shape index (κ1) is 10.8. The molecule has 0 amide bonds. The van der Waals surface area contributed by atoms with E-state index in [0.29, 0.717) is 5.56 Å². The Kier molecular flexibility index (Phi) is 3.70. The summed E-state index contributed by atoms with van der Waals surface area (Å²) in [6.45, 7) is -0.693. The lowest BCUT2D eigenvalue weighted by molar-refractivity contribution is 0.0816. The minimum atomic E-state index is -2.53. The standard InChI is InChI=1S/C8H8F2N2OS/c9-7(10)4-13-6-3-12-2-1-5(6)8(11)14/h1-3,7H,4H2,(H2,11,14). The van der Waals surface area contributed by atoms with Crippen molar-refractivity contribution in [1.82, 2.24) is 4.98 Å². The van der Waals surface area contributed by atoms with Gasteiger partial charge >= 0.3 is 0 Å². The molecule has 6 heteroatoms. The van der Waals surface area contributed by atoms with Crippen molar-refractivity contribution in [3.63, 3.8) is 0 Å². The number of thiocarbonyl (C=S) groups is 1. The quantitative estimate of drug-likeness (QED) is 0.775. The molecule has 0 aliphatic rings. The summed E-state index contributed by atoms with van der Waals surface area (Å²) < 4.78 is 28.5. The Morgan fingerprint density at radius 3 is 2.93 bits per heavy atom. The normalized spacial score (nSPS) is 10.2. The van der Waals surface area contributed by atoms with Crippen LogP contribution in [0.4, 0.5) is 8.78 Å². The van der Waals surface area contributed by atoms with Crippen molar-refractivity contribution in [3.8, 4) is 5.75 Å². The molecule has 2 N–H and O–H groups in total. The summed E-state index contributed by atoms with van der Waals surface area (Å²) in [6.07, 6.45) is 0.232. The predicted octanol–water partition coefficient (Wildman–Crippen LogP) is 1.36. The van der Waals surface area contributed by atoms with Crippen molar-refractivity contribution in [2.75, 3.05) is 6.61 Å². The average Bonchev–Trinajstić information content (AvgIpc) is 2.15. The van der Waals surface area contributed by atoms with Crippen molar-refractivity contribution < 1.29 is 13.5 Å². The zero-order chi connectivity index (χ0) is 10.6. The van der Waals surface area contributed by atoms with Gasteiger partial charge in [-0.15, -0.1) is 0 Å². The van der Waals surface area contributed by atoms with Crippen LogP contribution in [0.3, 0.4) is 0 Å².